The van der Waals surface area contributed by atoms with Gasteiger partial charge in [0.1, 0.15) is 0 Å². The van der Waals surface area contributed by atoms with Crippen LogP contribution in [0.2, 0.25) is 0 Å². The van der Waals surface area contributed by atoms with E-state index in [2.05, 4.69) is 15.5 Å². The molecule has 0 heterocycles. The summed E-state index contributed by atoms with van der Waals surface area (Å²) in [4.78, 5) is 0. The molecule has 7 heteroatoms. The smallest absolute Gasteiger partial charge is 0.174 e. The fourth-order valence-corrected chi connectivity index (χ4v) is 2.97. The number of alkyl halides is 1. The van der Waals surface area contributed by atoms with Crippen molar-refractivity contribution in [3.05, 3.63) is 0 Å². The molecule has 3 nitrogen and oxygen atoms in total. The van der Waals surface area contributed by atoms with E-state index in [1.165, 1.54) is 11.8 Å². The molecule has 1 unspecified atom stereocenters. The normalized spacial score (nSPS) is 16.2. The van der Waals surface area contributed by atoms with Crippen molar-refractivity contribution in [2.24, 2.45) is 0 Å². The Labute approximate surface area is 80.3 Å². The van der Waals surface area contributed by atoms with E-state index in [1.807, 2.05) is 0 Å². The lowest BCUT2D eigenvalue weighted by molar-refractivity contribution is -0.124. The summed E-state index contributed by atoms with van der Waals surface area (Å²) in [5.74, 6) is 2.12. The average Bonchev–Trinajstić information content (AvgIpc) is 1.99. The third-order valence-electron chi connectivity index (χ3n) is 0.813. The first-order valence-electron chi connectivity index (χ1n) is 2.82. The topological polar surface area (TPSA) is 46.5 Å². The molecule has 0 amide bonds. The second-order valence-corrected chi connectivity index (χ2v) is 6.44. The molecule has 0 aromatic rings. The standard InChI is InChI=1S/C4H9ClO3S3/c5-1-2-10-3-4-11(7,9)8-6/h6H,1-4H2. The highest BCUT2D eigenvalue weighted by molar-refractivity contribution is 8.30. The van der Waals surface area contributed by atoms with Crippen LogP contribution in [-0.4, -0.2) is 32.6 Å². The van der Waals surface area contributed by atoms with Crippen LogP contribution in [0.1, 0.15) is 0 Å². The molecule has 0 saturated heterocycles. The summed E-state index contributed by atoms with van der Waals surface area (Å²) in [6.45, 7) is 0. The summed E-state index contributed by atoms with van der Waals surface area (Å²) in [5, 5.41) is 8.04. The largest absolute Gasteiger partial charge is 0.237 e. The van der Waals surface area contributed by atoms with Gasteiger partial charge in [0, 0.05) is 28.6 Å². The van der Waals surface area contributed by atoms with Crippen molar-refractivity contribution in [1.82, 2.24) is 0 Å². The van der Waals surface area contributed by atoms with Gasteiger partial charge >= 0.3 is 0 Å². The van der Waals surface area contributed by atoms with Gasteiger partial charge in [-0.1, -0.05) is 0 Å². The average molecular weight is 237 g/mol. The molecule has 0 aliphatic heterocycles. The highest BCUT2D eigenvalue weighted by Crippen LogP contribution is 2.03. The number of hydrogen-bond acceptors (Lipinski definition) is 5. The SMILES string of the molecule is O=S(=S)(CCSCCCl)OO. The monoisotopic (exact) mass is 236 g/mol. The van der Waals surface area contributed by atoms with E-state index in [9.17, 15) is 4.21 Å². The van der Waals surface area contributed by atoms with Crippen molar-refractivity contribution in [2.75, 3.05) is 23.1 Å². The van der Waals surface area contributed by atoms with Gasteiger partial charge in [0.2, 0.25) is 0 Å². The van der Waals surface area contributed by atoms with Gasteiger partial charge < -0.3 is 0 Å². The fourth-order valence-electron chi connectivity index (χ4n) is 0.355. The molecule has 1 N–H and O–H groups in total. The molecule has 0 aliphatic rings. The highest BCUT2D eigenvalue weighted by atomic mass is 35.5. The number of hydrogen-bond donors (Lipinski definition) is 1. The zero-order valence-electron chi connectivity index (χ0n) is 5.69. The van der Waals surface area contributed by atoms with Gasteiger partial charge in [-0.2, -0.15) is 11.8 Å². The quantitative estimate of drug-likeness (QED) is 0.324. The Morgan fingerprint density at radius 1 is 1.64 bits per heavy atom. The first-order valence-corrected chi connectivity index (χ1v) is 7.08. The van der Waals surface area contributed by atoms with E-state index in [1.54, 1.807) is 0 Å². The summed E-state index contributed by atoms with van der Waals surface area (Å²) in [6, 6.07) is 0. The van der Waals surface area contributed by atoms with E-state index in [0.29, 0.717) is 11.6 Å². The van der Waals surface area contributed by atoms with E-state index in [0.717, 1.165) is 5.75 Å². The highest BCUT2D eigenvalue weighted by Gasteiger charge is 2.04. The zero-order chi connectivity index (χ0) is 8.74. The minimum absolute atomic E-state index is 0.181. The van der Waals surface area contributed by atoms with Crippen LogP contribution in [0.3, 0.4) is 0 Å². The number of thioether (sulfide) groups is 1. The first kappa shape index (κ1) is 11.9. The molecule has 68 valence electrons. The Hall–Kier alpha value is 0.930. The Bertz CT molecular complexity index is 179. The van der Waals surface area contributed by atoms with Gasteiger partial charge in [0.05, 0.1) is 5.75 Å². The van der Waals surface area contributed by atoms with Crippen molar-refractivity contribution in [3.63, 3.8) is 0 Å². The fraction of sp³-hybridized carbons (Fsp3) is 1.00. The Morgan fingerprint density at radius 3 is 2.73 bits per heavy atom. The lowest BCUT2D eigenvalue weighted by Gasteiger charge is -2.00. The minimum Gasteiger partial charge on any atom is -0.237 e. The lowest BCUT2D eigenvalue weighted by Crippen LogP contribution is -2.08. The summed E-state index contributed by atoms with van der Waals surface area (Å²) in [7, 11) is -2.87. The number of halogens is 1. The second-order valence-electron chi connectivity index (χ2n) is 1.64. The van der Waals surface area contributed by atoms with Gasteiger partial charge in [-0.25, -0.2) is 9.47 Å². The molecule has 0 aromatic heterocycles. The molecule has 0 saturated carbocycles. The van der Waals surface area contributed by atoms with Crippen LogP contribution in [0.25, 0.3) is 0 Å². The van der Waals surface area contributed by atoms with Crippen LogP contribution in [0.15, 0.2) is 0 Å². The van der Waals surface area contributed by atoms with Crippen LogP contribution in [0, 0.1) is 0 Å². The maximum absolute atomic E-state index is 10.8. The number of rotatable bonds is 6. The third-order valence-corrected chi connectivity index (χ3v) is 4.08. The minimum atomic E-state index is -2.87. The molecule has 0 aromatic carbocycles. The molecule has 1 atom stereocenters. The van der Waals surface area contributed by atoms with Crippen LogP contribution in [-0.2, 0) is 24.3 Å². The molecule has 0 fully saturated rings. The van der Waals surface area contributed by atoms with E-state index < -0.39 is 8.77 Å². The molecule has 0 rings (SSSR count). The molecule has 0 radical (unpaired) electrons. The maximum atomic E-state index is 10.8. The van der Waals surface area contributed by atoms with Crippen molar-refractivity contribution in [1.29, 1.82) is 0 Å². The summed E-state index contributed by atoms with van der Waals surface area (Å²) in [5.41, 5.74) is 0. The van der Waals surface area contributed by atoms with Crippen LogP contribution < -0.4 is 0 Å². The van der Waals surface area contributed by atoms with Gasteiger partial charge in [-0.3, -0.25) is 0 Å². The molecule has 0 aliphatic carbocycles. The predicted octanol–water partition coefficient (Wildman–Crippen LogP) is 1.11. The van der Waals surface area contributed by atoms with Crippen LogP contribution in [0.4, 0.5) is 0 Å². The molecule has 11 heavy (non-hydrogen) atoms. The first-order chi connectivity index (χ1) is 5.12. The van der Waals surface area contributed by atoms with Crippen LogP contribution >= 0.6 is 23.4 Å². The Kier molecular flexibility index (Phi) is 6.99. The molecular formula is C4H9ClO3S3. The van der Waals surface area contributed by atoms with Crippen molar-refractivity contribution in [2.45, 2.75) is 0 Å². The predicted molar refractivity (Wildman–Crippen MR) is 52.1 cm³/mol. The lowest BCUT2D eigenvalue weighted by atomic mass is 10.9. The molecular weight excluding hydrogens is 228 g/mol. The van der Waals surface area contributed by atoms with Gasteiger partial charge in [0.25, 0.3) is 0 Å². The van der Waals surface area contributed by atoms with Crippen molar-refractivity contribution >= 4 is 43.3 Å². The van der Waals surface area contributed by atoms with Gasteiger partial charge in [-0.15, -0.1) is 15.9 Å². The van der Waals surface area contributed by atoms with Crippen LogP contribution in [0.5, 0.6) is 0 Å². The summed E-state index contributed by atoms with van der Waals surface area (Å²) >= 11 is 11.3. The summed E-state index contributed by atoms with van der Waals surface area (Å²) in [6.07, 6.45) is 0. The van der Waals surface area contributed by atoms with E-state index in [-0.39, 0.29) is 5.75 Å². The third kappa shape index (κ3) is 7.30. The Balaban J connectivity index is 3.39. The van der Waals surface area contributed by atoms with Crippen molar-refractivity contribution in [3.8, 4) is 0 Å². The van der Waals surface area contributed by atoms with E-state index in [4.69, 9.17) is 16.9 Å². The van der Waals surface area contributed by atoms with Crippen molar-refractivity contribution < 1.29 is 13.8 Å². The molecule has 0 bridgehead atoms. The van der Waals surface area contributed by atoms with E-state index >= 15 is 0 Å². The zero-order valence-corrected chi connectivity index (χ0v) is 8.90. The Morgan fingerprint density at radius 2 is 2.27 bits per heavy atom. The van der Waals surface area contributed by atoms with Gasteiger partial charge in [0.15, 0.2) is 8.77 Å². The summed E-state index contributed by atoms with van der Waals surface area (Å²) < 4.78 is 14.4. The molecule has 0 spiro atoms. The maximum Gasteiger partial charge on any atom is 0.174 e. The second kappa shape index (κ2) is 6.45. The van der Waals surface area contributed by atoms with Gasteiger partial charge in [-0.05, 0) is 0 Å².